The number of methoxy groups -OCH3 is 1. The maximum Gasteiger partial charge on any atom is 0.269 e. The lowest BCUT2D eigenvalue weighted by Gasteiger charge is -2.11. The maximum atomic E-state index is 13.8. The van der Waals surface area contributed by atoms with E-state index in [4.69, 9.17) is 4.74 Å². The molecule has 0 aromatic heterocycles. The van der Waals surface area contributed by atoms with Gasteiger partial charge in [0.15, 0.2) is 11.6 Å². The lowest BCUT2D eigenvalue weighted by Crippen LogP contribution is -2.13. The Morgan fingerprint density at radius 2 is 1.82 bits per heavy atom. The molecule has 0 spiro atoms. The van der Waals surface area contributed by atoms with Gasteiger partial charge in [0.25, 0.3) is 11.6 Å². The summed E-state index contributed by atoms with van der Waals surface area (Å²) in [4.78, 5) is 24.4. The zero-order chi connectivity index (χ0) is 20.1. The van der Waals surface area contributed by atoms with E-state index in [0.29, 0.717) is 16.1 Å². The molecule has 0 unspecified atom stereocenters. The van der Waals surface area contributed by atoms with Gasteiger partial charge in [-0.2, -0.15) is 0 Å². The number of nitrogens with zero attached hydrogens (tertiary/aromatic N) is 1. The van der Waals surface area contributed by atoms with E-state index in [2.05, 4.69) is 5.32 Å². The summed E-state index contributed by atoms with van der Waals surface area (Å²) in [7, 11) is 1.36. The van der Waals surface area contributed by atoms with Crippen LogP contribution in [-0.4, -0.2) is 17.9 Å². The van der Waals surface area contributed by atoms with E-state index in [1.54, 1.807) is 42.5 Å². The van der Waals surface area contributed by atoms with Gasteiger partial charge < -0.3 is 10.1 Å². The summed E-state index contributed by atoms with van der Waals surface area (Å²) in [5, 5.41) is 13.4. The fraction of sp³-hybridized carbons (Fsp3) is 0.0500. The zero-order valence-corrected chi connectivity index (χ0v) is 15.5. The van der Waals surface area contributed by atoms with E-state index in [1.807, 2.05) is 0 Å². The van der Waals surface area contributed by atoms with Gasteiger partial charge in [-0.15, -0.1) is 0 Å². The molecule has 1 N–H and O–H groups in total. The van der Waals surface area contributed by atoms with Gasteiger partial charge in [0.1, 0.15) is 0 Å². The van der Waals surface area contributed by atoms with Crippen LogP contribution in [0.15, 0.2) is 76.5 Å². The lowest BCUT2D eigenvalue weighted by molar-refractivity contribution is -0.384. The van der Waals surface area contributed by atoms with E-state index >= 15 is 0 Å². The normalized spacial score (nSPS) is 10.4. The number of carbonyl (C=O) groups is 1. The maximum absolute atomic E-state index is 13.8. The average Bonchev–Trinajstić information content (AvgIpc) is 2.69. The van der Waals surface area contributed by atoms with Crippen molar-refractivity contribution in [2.75, 3.05) is 12.4 Å². The Bertz CT molecular complexity index is 1020. The standard InChI is InChI=1S/C20H15FN2O4S/c1-27-18-11-6-13(12-17(18)21)22-20(24)16-4-2-3-5-19(16)28-15-9-7-14(8-10-15)23(25)26/h2-12H,1H3,(H,22,24). The van der Waals surface area contributed by atoms with Crippen molar-refractivity contribution in [1.29, 1.82) is 0 Å². The van der Waals surface area contributed by atoms with E-state index in [1.165, 1.54) is 43.1 Å². The number of benzene rings is 3. The van der Waals surface area contributed by atoms with E-state index in [0.717, 1.165) is 4.90 Å². The Hall–Kier alpha value is -3.39. The van der Waals surface area contributed by atoms with Crippen LogP contribution in [0.4, 0.5) is 15.8 Å². The van der Waals surface area contributed by atoms with Crippen molar-refractivity contribution in [3.63, 3.8) is 0 Å². The van der Waals surface area contributed by atoms with E-state index in [-0.39, 0.29) is 11.4 Å². The first-order valence-corrected chi connectivity index (χ1v) is 8.96. The Kier molecular flexibility index (Phi) is 5.90. The lowest BCUT2D eigenvalue weighted by atomic mass is 10.2. The number of nitro groups is 1. The second-order valence-corrected chi connectivity index (χ2v) is 6.77. The first-order valence-electron chi connectivity index (χ1n) is 8.14. The SMILES string of the molecule is COc1ccc(NC(=O)c2ccccc2Sc2ccc([N+](=O)[O-])cc2)cc1F. The second kappa shape index (κ2) is 8.53. The molecule has 3 rings (SSSR count). The molecule has 6 nitrogen and oxygen atoms in total. The molecular formula is C20H15FN2O4S. The number of amides is 1. The number of ether oxygens (including phenoxy) is 1. The van der Waals surface area contributed by atoms with Gasteiger partial charge in [0.2, 0.25) is 0 Å². The third-order valence-corrected chi connectivity index (χ3v) is 4.90. The van der Waals surface area contributed by atoms with Gasteiger partial charge in [-0.05, 0) is 36.4 Å². The molecule has 0 aliphatic heterocycles. The number of anilines is 1. The number of nitro benzene ring substituents is 1. The van der Waals surface area contributed by atoms with Crippen LogP contribution < -0.4 is 10.1 Å². The number of nitrogens with one attached hydrogen (secondary N) is 1. The van der Waals surface area contributed by atoms with Crippen molar-refractivity contribution in [2.24, 2.45) is 0 Å². The fourth-order valence-electron chi connectivity index (χ4n) is 2.45. The Labute approximate surface area is 164 Å². The van der Waals surface area contributed by atoms with Gasteiger partial charge in [-0.3, -0.25) is 14.9 Å². The molecule has 28 heavy (non-hydrogen) atoms. The molecule has 3 aromatic carbocycles. The van der Waals surface area contributed by atoms with Gasteiger partial charge in [-0.1, -0.05) is 23.9 Å². The van der Waals surface area contributed by atoms with Crippen LogP contribution in [0.5, 0.6) is 5.75 Å². The molecule has 142 valence electrons. The van der Waals surface area contributed by atoms with Crippen molar-refractivity contribution >= 4 is 29.0 Å². The Morgan fingerprint density at radius 3 is 2.46 bits per heavy atom. The molecule has 0 saturated carbocycles. The summed E-state index contributed by atoms with van der Waals surface area (Å²) in [6.45, 7) is 0. The molecular weight excluding hydrogens is 383 g/mol. The molecule has 0 aliphatic rings. The topological polar surface area (TPSA) is 81.5 Å². The van der Waals surface area contributed by atoms with Crippen LogP contribution in [0.3, 0.4) is 0 Å². The van der Waals surface area contributed by atoms with Crippen molar-refractivity contribution in [3.05, 3.63) is 88.2 Å². The predicted octanol–water partition coefficient (Wildman–Crippen LogP) is 5.15. The van der Waals surface area contributed by atoms with Gasteiger partial charge in [0.05, 0.1) is 17.6 Å². The monoisotopic (exact) mass is 398 g/mol. The minimum Gasteiger partial charge on any atom is -0.494 e. The van der Waals surface area contributed by atoms with E-state index in [9.17, 15) is 19.3 Å². The first kappa shape index (κ1) is 19.4. The minimum absolute atomic E-state index is 0.00286. The van der Waals surface area contributed by atoms with Crippen molar-refractivity contribution < 1.29 is 18.8 Å². The molecule has 1 amide bonds. The Morgan fingerprint density at radius 1 is 1.11 bits per heavy atom. The van der Waals surface area contributed by atoms with Gasteiger partial charge in [0, 0.05) is 33.7 Å². The summed E-state index contributed by atoms with van der Waals surface area (Å²) in [5.74, 6) is -0.879. The van der Waals surface area contributed by atoms with Crippen LogP contribution in [0, 0.1) is 15.9 Å². The molecule has 3 aromatic rings. The molecule has 8 heteroatoms. The smallest absolute Gasteiger partial charge is 0.269 e. The van der Waals surface area contributed by atoms with Crippen LogP contribution in [0.25, 0.3) is 0 Å². The first-order chi connectivity index (χ1) is 13.5. The predicted molar refractivity (Wildman–Crippen MR) is 105 cm³/mol. The molecule has 0 bridgehead atoms. The summed E-state index contributed by atoms with van der Waals surface area (Å²) in [6.07, 6.45) is 0. The highest BCUT2D eigenvalue weighted by atomic mass is 32.2. The Balaban J connectivity index is 1.80. The summed E-state index contributed by atoms with van der Waals surface area (Å²) < 4.78 is 18.7. The number of non-ortho nitro benzene ring substituents is 1. The second-order valence-electron chi connectivity index (χ2n) is 5.65. The average molecular weight is 398 g/mol. The van der Waals surface area contributed by atoms with Crippen LogP contribution in [0.1, 0.15) is 10.4 Å². The summed E-state index contributed by atoms with van der Waals surface area (Å²) >= 11 is 1.31. The zero-order valence-electron chi connectivity index (χ0n) is 14.7. The van der Waals surface area contributed by atoms with Crippen molar-refractivity contribution in [2.45, 2.75) is 9.79 Å². The molecule has 0 saturated heterocycles. The largest absolute Gasteiger partial charge is 0.494 e. The summed E-state index contributed by atoms with van der Waals surface area (Å²) in [5.41, 5.74) is 0.706. The van der Waals surface area contributed by atoms with Crippen molar-refractivity contribution in [1.82, 2.24) is 0 Å². The van der Waals surface area contributed by atoms with E-state index < -0.39 is 16.6 Å². The molecule has 0 radical (unpaired) electrons. The highest BCUT2D eigenvalue weighted by molar-refractivity contribution is 7.99. The number of hydrogen-bond acceptors (Lipinski definition) is 5. The number of halogens is 1. The minimum atomic E-state index is -0.575. The quantitative estimate of drug-likeness (QED) is 0.459. The van der Waals surface area contributed by atoms with Gasteiger partial charge >= 0.3 is 0 Å². The number of hydrogen-bond donors (Lipinski definition) is 1. The highest BCUT2D eigenvalue weighted by Crippen LogP contribution is 2.32. The number of rotatable bonds is 6. The van der Waals surface area contributed by atoms with Crippen molar-refractivity contribution in [3.8, 4) is 5.75 Å². The third-order valence-electron chi connectivity index (χ3n) is 3.82. The fourth-order valence-corrected chi connectivity index (χ4v) is 3.39. The number of carbonyl (C=O) groups excluding carboxylic acids is 1. The van der Waals surface area contributed by atoms with Crippen LogP contribution >= 0.6 is 11.8 Å². The van der Waals surface area contributed by atoms with Crippen LogP contribution in [-0.2, 0) is 0 Å². The molecule has 0 fully saturated rings. The summed E-state index contributed by atoms with van der Waals surface area (Å²) in [6, 6.07) is 17.2. The third kappa shape index (κ3) is 4.47. The van der Waals surface area contributed by atoms with Gasteiger partial charge in [-0.25, -0.2) is 4.39 Å². The molecule has 0 aliphatic carbocycles. The molecule has 0 atom stereocenters. The highest BCUT2D eigenvalue weighted by Gasteiger charge is 2.14. The van der Waals surface area contributed by atoms with Crippen LogP contribution in [0.2, 0.25) is 0 Å². The molecule has 0 heterocycles.